The van der Waals surface area contributed by atoms with Crippen molar-refractivity contribution < 1.29 is 29.7 Å². The monoisotopic (exact) mass is 501 g/mol. The number of amides is 2. The van der Waals surface area contributed by atoms with E-state index in [1.807, 2.05) is 20.8 Å². The highest BCUT2D eigenvalue weighted by molar-refractivity contribution is 7.99. The average molecular weight is 502 g/mol. The van der Waals surface area contributed by atoms with Crippen molar-refractivity contribution in [3.63, 3.8) is 0 Å². The van der Waals surface area contributed by atoms with Crippen LogP contribution in [0.4, 0.5) is 0 Å². The number of benzene rings is 2. The topological polar surface area (TPSA) is 153 Å². The van der Waals surface area contributed by atoms with E-state index in [1.54, 1.807) is 30.3 Å². The van der Waals surface area contributed by atoms with Crippen molar-refractivity contribution in [2.24, 2.45) is 11.7 Å². The molecular weight excluding hydrogens is 470 g/mol. The number of rotatable bonds is 7. The van der Waals surface area contributed by atoms with Crippen LogP contribution in [-0.2, 0) is 9.59 Å². The number of aromatic hydroxyl groups is 2. The van der Waals surface area contributed by atoms with Crippen LogP contribution in [0.1, 0.15) is 42.7 Å². The zero-order valence-electron chi connectivity index (χ0n) is 19.8. The molecule has 2 aromatic carbocycles. The smallest absolute Gasteiger partial charge is 0.253 e. The summed E-state index contributed by atoms with van der Waals surface area (Å²) in [6.45, 7) is 5.48. The lowest BCUT2D eigenvalue weighted by molar-refractivity contribution is -0.147. The number of aliphatic hydroxyl groups is 1. The molecule has 0 radical (unpaired) electrons. The molecule has 1 fully saturated rings. The molecule has 0 saturated carbocycles. The number of phenols is 2. The molecule has 1 aliphatic rings. The Kier molecular flexibility index (Phi) is 8.09. The first-order valence-corrected chi connectivity index (χ1v) is 12.3. The standard InChI is InChI=1S/C25H31N3O6S/c1-25(2,3)27-23(33)18-12-35-13-28(18)24(34)22(32)19(20(26)14-7-5-4-6-8-14)21(31)15-9-16(29)11-17(30)10-15/h4-11,18-20,22,29-30,32H,12-13,26H2,1-3H3,(H,27,33)/t18-,19+,20?,22-/m0/s1. The summed E-state index contributed by atoms with van der Waals surface area (Å²) >= 11 is 1.37. The molecule has 4 atom stereocenters. The van der Waals surface area contributed by atoms with Crippen LogP contribution in [0.15, 0.2) is 48.5 Å². The highest BCUT2D eigenvalue weighted by Crippen LogP contribution is 2.32. The van der Waals surface area contributed by atoms with Gasteiger partial charge in [0.1, 0.15) is 23.6 Å². The number of hydrogen-bond acceptors (Lipinski definition) is 8. The predicted octanol–water partition coefficient (Wildman–Crippen LogP) is 1.77. The van der Waals surface area contributed by atoms with Gasteiger partial charge in [0, 0.05) is 29.0 Å². The van der Waals surface area contributed by atoms with Crippen molar-refractivity contribution in [2.75, 3.05) is 11.6 Å². The molecule has 6 N–H and O–H groups in total. The third-order valence-electron chi connectivity index (χ3n) is 5.62. The number of ketones is 1. The van der Waals surface area contributed by atoms with Crippen LogP contribution < -0.4 is 11.1 Å². The van der Waals surface area contributed by atoms with Gasteiger partial charge in [0.2, 0.25) is 5.91 Å². The Bertz CT molecular complexity index is 1070. The minimum Gasteiger partial charge on any atom is -0.508 e. The van der Waals surface area contributed by atoms with Gasteiger partial charge in [-0.3, -0.25) is 14.4 Å². The van der Waals surface area contributed by atoms with Crippen LogP contribution in [0.3, 0.4) is 0 Å². The van der Waals surface area contributed by atoms with Gasteiger partial charge in [0.05, 0.1) is 11.8 Å². The van der Waals surface area contributed by atoms with Gasteiger partial charge in [-0.05, 0) is 38.5 Å². The lowest BCUT2D eigenvalue weighted by Gasteiger charge is -2.32. The van der Waals surface area contributed by atoms with Crippen molar-refractivity contribution >= 4 is 29.4 Å². The maximum absolute atomic E-state index is 13.5. The molecule has 2 aromatic rings. The molecule has 0 aliphatic carbocycles. The number of nitrogens with one attached hydrogen (secondary N) is 1. The van der Waals surface area contributed by atoms with Crippen molar-refractivity contribution in [3.05, 3.63) is 59.7 Å². The lowest BCUT2D eigenvalue weighted by atomic mass is 9.82. The van der Waals surface area contributed by atoms with Gasteiger partial charge in [-0.15, -0.1) is 11.8 Å². The molecule has 9 nitrogen and oxygen atoms in total. The van der Waals surface area contributed by atoms with Crippen LogP contribution in [0.5, 0.6) is 11.5 Å². The first kappa shape index (κ1) is 26.5. The van der Waals surface area contributed by atoms with Crippen molar-refractivity contribution in [2.45, 2.75) is 44.5 Å². The number of aliphatic hydroxyl groups excluding tert-OH is 1. The number of Topliss-reactive ketones (excluding diaryl/α,β-unsaturated/α-hetero) is 1. The van der Waals surface area contributed by atoms with E-state index in [4.69, 9.17) is 5.73 Å². The Morgan fingerprint density at radius 1 is 1.09 bits per heavy atom. The fourth-order valence-corrected chi connectivity index (χ4v) is 5.13. The predicted molar refractivity (Wildman–Crippen MR) is 133 cm³/mol. The Balaban J connectivity index is 1.95. The molecule has 1 aliphatic heterocycles. The third-order valence-corrected chi connectivity index (χ3v) is 6.63. The molecular formula is C25H31N3O6S. The molecule has 1 saturated heterocycles. The van der Waals surface area contributed by atoms with Crippen LogP contribution in [0.25, 0.3) is 0 Å². The van der Waals surface area contributed by atoms with Gasteiger partial charge in [0.15, 0.2) is 5.78 Å². The summed E-state index contributed by atoms with van der Waals surface area (Å²) in [6, 6.07) is 9.99. The van der Waals surface area contributed by atoms with E-state index in [0.717, 1.165) is 18.2 Å². The van der Waals surface area contributed by atoms with Crippen LogP contribution >= 0.6 is 11.8 Å². The second kappa shape index (κ2) is 10.7. The fraction of sp³-hybridized carbons (Fsp3) is 0.400. The Morgan fingerprint density at radius 2 is 1.69 bits per heavy atom. The minimum atomic E-state index is -1.87. The number of hydrogen-bond donors (Lipinski definition) is 5. The van der Waals surface area contributed by atoms with Gasteiger partial charge in [0.25, 0.3) is 5.91 Å². The summed E-state index contributed by atoms with van der Waals surface area (Å²) in [4.78, 5) is 41.0. The highest BCUT2D eigenvalue weighted by atomic mass is 32.2. The first-order valence-electron chi connectivity index (χ1n) is 11.1. The average Bonchev–Trinajstić information content (AvgIpc) is 3.27. The summed E-state index contributed by atoms with van der Waals surface area (Å²) in [5, 5.41) is 33.8. The first-order chi connectivity index (χ1) is 16.4. The Hall–Kier alpha value is -3.08. The zero-order chi connectivity index (χ0) is 25.9. The maximum atomic E-state index is 13.5. The molecule has 188 valence electrons. The summed E-state index contributed by atoms with van der Waals surface area (Å²) in [7, 11) is 0. The van der Waals surface area contributed by atoms with Gasteiger partial charge < -0.3 is 31.3 Å². The highest BCUT2D eigenvalue weighted by Gasteiger charge is 2.44. The molecule has 0 bridgehead atoms. The Labute approximate surface area is 208 Å². The fourth-order valence-electron chi connectivity index (χ4n) is 3.97. The lowest BCUT2D eigenvalue weighted by Crippen LogP contribution is -2.56. The van der Waals surface area contributed by atoms with Crippen LogP contribution in [0.2, 0.25) is 0 Å². The molecule has 1 unspecified atom stereocenters. The minimum absolute atomic E-state index is 0.108. The van der Waals surface area contributed by atoms with E-state index in [2.05, 4.69) is 5.32 Å². The summed E-state index contributed by atoms with van der Waals surface area (Å²) in [5.41, 5.74) is 6.30. The van der Waals surface area contributed by atoms with E-state index in [1.165, 1.54) is 16.7 Å². The zero-order valence-corrected chi connectivity index (χ0v) is 20.7. The number of phenolic OH excluding ortho intramolecular Hbond substituents is 2. The van der Waals surface area contributed by atoms with Crippen molar-refractivity contribution in [1.82, 2.24) is 10.2 Å². The second-order valence-corrected chi connectivity index (χ2v) is 10.6. The van der Waals surface area contributed by atoms with E-state index >= 15 is 0 Å². The summed E-state index contributed by atoms with van der Waals surface area (Å²) < 4.78 is 0. The number of nitrogens with two attached hydrogens (primary N) is 1. The van der Waals surface area contributed by atoms with Gasteiger partial charge in [-0.1, -0.05) is 30.3 Å². The van der Waals surface area contributed by atoms with Gasteiger partial charge in [-0.2, -0.15) is 0 Å². The number of nitrogens with zero attached hydrogens (tertiary/aromatic N) is 1. The third kappa shape index (κ3) is 6.33. The summed E-state index contributed by atoms with van der Waals surface area (Å²) in [5.74, 6) is -3.49. The molecule has 10 heteroatoms. The molecule has 2 amide bonds. The number of carbonyl (C=O) groups is 3. The quantitative estimate of drug-likeness (QED) is 0.360. The molecule has 0 aromatic heterocycles. The van der Waals surface area contributed by atoms with Crippen molar-refractivity contribution in [3.8, 4) is 11.5 Å². The number of carbonyl (C=O) groups excluding carboxylic acids is 3. The summed E-state index contributed by atoms with van der Waals surface area (Å²) in [6.07, 6.45) is -1.87. The molecule has 3 rings (SSSR count). The van der Waals surface area contributed by atoms with E-state index < -0.39 is 41.3 Å². The SMILES string of the molecule is CC(C)(C)NC(=O)[C@@H]1CSCN1C(=O)[C@@H](O)[C@@H](C(=O)c1cc(O)cc(O)c1)C(N)c1ccccc1. The largest absolute Gasteiger partial charge is 0.508 e. The van der Waals surface area contributed by atoms with Crippen LogP contribution in [0, 0.1) is 5.92 Å². The molecule has 0 spiro atoms. The Morgan fingerprint density at radius 3 is 2.26 bits per heavy atom. The number of thioether (sulfide) groups is 1. The van der Waals surface area contributed by atoms with Gasteiger partial charge in [-0.25, -0.2) is 0 Å². The second-order valence-electron chi connectivity index (χ2n) is 9.57. The maximum Gasteiger partial charge on any atom is 0.253 e. The van der Waals surface area contributed by atoms with E-state index in [-0.39, 0.29) is 28.8 Å². The van der Waals surface area contributed by atoms with E-state index in [0.29, 0.717) is 11.3 Å². The van der Waals surface area contributed by atoms with Crippen LogP contribution in [-0.4, -0.2) is 67.1 Å². The molecule has 1 heterocycles. The normalized spacial score (nSPS) is 18.5. The van der Waals surface area contributed by atoms with Crippen molar-refractivity contribution in [1.29, 1.82) is 0 Å². The van der Waals surface area contributed by atoms with Gasteiger partial charge >= 0.3 is 0 Å². The molecule has 35 heavy (non-hydrogen) atoms. The van der Waals surface area contributed by atoms with E-state index in [9.17, 15) is 29.7 Å².